The van der Waals surface area contributed by atoms with Crippen molar-refractivity contribution in [2.75, 3.05) is 25.6 Å². The Labute approximate surface area is 186 Å². The zero-order valence-electron chi connectivity index (χ0n) is 17.7. The molecule has 0 saturated heterocycles. The number of carbonyl (C=O) groups excluding carboxylic acids is 1. The summed E-state index contributed by atoms with van der Waals surface area (Å²) in [6.45, 7) is 0.0231. The minimum absolute atomic E-state index is 0.139. The summed E-state index contributed by atoms with van der Waals surface area (Å²) in [5.74, 6) is 0.956. The largest absolute Gasteiger partial charge is 0.497 e. The maximum Gasteiger partial charge on any atom is 0.253 e. The highest BCUT2D eigenvalue weighted by Gasteiger charge is 2.17. The lowest BCUT2D eigenvalue weighted by Crippen LogP contribution is -2.27. The Bertz CT molecular complexity index is 1190. The number of carbonyl (C=O) groups is 1. The highest BCUT2D eigenvalue weighted by Crippen LogP contribution is 2.30. The molecule has 1 heterocycles. The van der Waals surface area contributed by atoms with E-state index in [1.807, 2.05) is 71.4 Å². The van der Waals surface area contributed by atoms with Crippen LogP contribution in [0.3, 0.4) is 0 Å². The topological polar surface area (TPSA) is 88.4 Å². The highest BCUT2D eigenvalue weighted by atomic mass is 16.5. The number of para-hydroxylation sites is 1. The van der Waals surface area contributed by atoms with Crippen molar-refractivity contribution in [1.29, 1.82) is 0 Å². The average molecular weight is 428 g/mol. The van der Waals surface area contributed by atoms with Crippen LogP contribution in [0.4, 0.5) is 11.5 Å². The van der Waals surface area contributed by atoms with Crippen LogP contribution in [0.5, 0.6) is 5.75 Å². The second kappa shape index (κ2) is 9.80. The molecule has 4 rings (SSSR count). The third-order valence-electron chi connectivity index (χ3n) is 4.91. The Morgan fingerprint density at radius 2 is 1.72 bits per heavy atom. The lowest BCUT2D eigenvalue weighted by Gasteiger charge is -2.14. The number of hydrogen-bond donors (Lipinski definition) is 3. The van der Waals surface area contributed by atoms with Crippen molar-refractivity contribution in [2.24, 2.45) is 0 Å². The fourth-order valence-electron chi connectivity index (χ4n) is 3.34. The number of ether oxygens (including phenoxy) is 1. The number of benzene rings is 3. The molecule has 7 heteroatoms. The standard InChI is InChI=1S/C25H24N4O3/c1-32-20-12-13-22(21(16-20)25(31)26-14-15-30)27-24-17-23(18-8-4-2-5-9-18)28-29(24)19-10-6-3-7-11-19/h2-13,16-17,27,30H,14-15H2,1H3,(H,26,31). The van der Waals surface area contributed by atoms with E-state index in [0.717, 1.165) is 16.9 Å². The zero-order valence-corrected chi connectivity index (χ0v) is 17.7. The number of aromatic nitrogens is 2. The Hall–Kier alpha value is -4.10. The molecule has 0 fully saturated rings. The molecule has 0 aliphatic carbocycles. The van der Waals surface area contributed by atoms with E-state index < -0.39 is 0 Å². The summed E-state index contributed by atoms with van der Waals surface area (Å²) in [6.07, 6.45) is 0. The molecule has 0 saturated carbocycles. The van der Waals surface area contributed by atoms with Crippen LogP contribution in [0.15, 0.2) is 84.9 Å². The fraction of sp³-hybridized carbons (Fsp3) is 0.120. The SMILES string of the molecule is COc1ccc(Nc2cc(-c3ccccc3)nn2-c2ccccc2)c(C(=O)NCCO)c1. The van der Waals surface area contributed by atoms with Crippen LogP contribution in [-0.4, -0.2) is 41.1 Å². The van der Waals surface area contributed by atoms with Crippen molar-refractivity contribution in [3.05, 3.63) is 90.5 Å². The van der Waals surface area contributed by atoms with Gasteiger partial charge in [0.05, 0.1) is 36.3 Å². The second-order valence-corrected chi connectivity index (χ2v) is 7.04. The molecule has 0 aliphatic heterocycles. The van der Waals surface area contributed by atoms with Gasteiger partial charge in [-0.2, -0.15) is 5.10 Å². The van der Waals surface area contributed by atoms with Crippen LogP contribution in [0.25, 0.3) is 16.9 Å². The van der Waals surface area contributed by atoms with E-state index >= 15 is 0 Å². The van der Waals surface area contributed by atoms with Crippen LogP contribution < -0.4 is 15.4 Å². The Balaban J connectivity index is 1.77. The van der Waals surface area contributed by atoms with Gasteiger partial charge in [-0.1, -0.05) is 48.5 Å². The van der Waals surface area contributed by atoms with E-state index in [-0.39, 0.29) is 19.1 Å². The van der Waals surface area contributed by atoms with Gasteiger partial charge in [0.25, 0.3) is 5.91 Å². The average Bonchev–Trinajstić information content (AvgIpc) is 3.27. The lowest BCUT2D eigenvalue weighted by atomic mass is 10.1. The van der Waals surface area contributed by atoms with E-state index in [1.165, 1.54) is 0 Å². The van der Waals surface area contributed by atoms with Crippen molar-refractivity contribution in [3.63, 3.8) is 0 Å². The minimum atomic E-state index is -0.311. The smallest absolute Gasteiger partial charge is 0.253 e. The van der Waals surface area contributed by atoms with Gasteiger partial charge in [-0.05, 0) is 30.3 Å². The van der Waals surface area contributed by atoms with Crippen LogP contribution >= 0.6 is 0 Å². The molecule has 0 unspecified atom stereocenters. The number of methoxy groups -OCH3 is 1. The molecule has 4 aromatic rings. The van der Waals surface area contributed by atoms with E-state index in [4.69, 9.17) is 14.9 Å². The van der Waals surface area contributed by atoms with Gasteiger partial charge in [0.15, 0.2) is 0 Å². The molecule has 1 aromatic heterocycles. The van der Waals surface area contributed by atoms with Crippen molar-refractivity contribution in [3.8, 4) is 22.7 Å². The summed E-state index contributed by atoms with van der Waals surface area (Å²) >= 11 is 0. The minimum Gasteiger partial charge on any atom is -0.497 e. The van der Waals surface area contributed by atoms with Crippen molar-refractivity contribution >= 4 is 17.4 Å². The van der Waals surface area contributed by atoms with Gasteiger partial charge < -0.3 is 20.5 Å². The molecular weight excluding hydrogens is 404 g/mol. The first-order valence-electron chi connectivity index (χ1n) is 10.2. The number of aliphatic hydroxyl groups is 1. The molecule has 0 radical (unpaired) electrons. The molecule has 0 aliphatic rings. The van der Waals surface area contributed by atoms with Gasteiger partial charge in [-0.25, -0.2) is 4.68 Å². The van der Waals surface area contributed by atoms with E-state index in [0.29, 0.717) is 22.8 Å². The number of nitrogens with one attached hydrogen (secondary N) is 2. The second-order valence-electron chi connectivity index (χ2n) is 7.04. The molecule has 3 N–H and O–H groups in total. The predicted octanol–water partition coefficient (Wildman–Crippen LogP) is 4.01. The van der Waals surface area contributed by atoms with Crippen molar-refractivity contribution in [1.82, 2.24) is 15.1 Å². The van der Waals surface area contributed by atoms with E-state index in [2.05, 4.69) is 10.6 Å². The molecule has 1 amide bonds. The first kappa shape index (κ1) is 21.1. The Morgan fingerprint density at radius 3 is 2.41 bits per heavy atom. The molecule has 0 bridgehead atoms. The molecule has 3 aromatic carbocycles. The number of aliphatic hydroxyl groups excluding tert-OH is 1. The monoisotopic (exact) mass is 428 g/mol. The number of nitrogens with zero attached hydrogens (tertiary/aromatic N) is 2. The van der Waals surface area contributed by atoms with Gasteiger partial charge >= 0.3 is 0 Å². The summed E-state index contributed by atoms with van der Waals surface area (Å²) < 4.78 is 7.10. The van der Waals surface area contributed by atoms with Crippen LogP contribution in [0.1, 0.15) is 10.4 Å². The molecule has 162 valence electrons. The lowest BCUT2D eigenvalue weighted by molar-refractivity contribution is 0.0945. The molecule has 7 nitrogen and oxygen atoms in total. The highest BCUT2D eigenvalue weighted by molar-refractivity contribution is 6.00. The van der Waals surface area contributed by atoms with E-state index in [9.17, 15) is 4.79 Å². The molecule has 32 heavy (non-hydrogen) atoms. The zero-order chi connectivity index (χ0) is 22.3. The summed E-state index contributed by atoms with van der Waals surface area (Å²) in [5, 5.41) is 19.9. The number of hydrogen-bond acceptors (Lipinski definition) is 5. The fourth-order valence-corrected chi connectivity index (χ4v) is 3.34. The van der Waals surface area contributed by atoms with Crippen molar-refractivity contribution < 1.29 is 14.6 Å². The quantitative estimate of drug-likeness (QED) is 0.395. The maximum atomic E-state index is 12.7. The third kappa shape index (κ3) is 4.63. The predicted molar refractivity (Wildman–Crippen MR) is 125 cm³/mol. The van der Waals surface area contributed by atoms with Gasteiger partial charge in [-0.3, -0.25) is 4.79 Å². The van der Waals surface area contributed by atoms with E-state index in [1.54, 1.807) is 25.3 Å². The molecule has 0 spiro atoms. The normalized spacial score (nSPS) is 10.6. The number of amides is 1. The molecule has 0 atom stereocenters. The van der Waals surface area contributed by atoms with Gasteiger partial charge in [0.1, 0.15) is 11.6 Å². The van der Waals surface area contributed by atoms with Crippen molar-refractivity contribution in [2.45, 2.75) is 0 Å². The first-order valence-corrected chi connectivity index (χ1v) is 10.2. The van der Waals surface area contributed by atoms with Crippen LogP contribution in [-0.2, 0) is 0 Å². The maximum absolute atomic E-state index is 12.7. The van der Waals surface area contributed by atoms with Crippen LogP contribution in [0.2, 0.25) is 0 Å². The molecular formula is C25H24N4O3. The van der Waals surface area contributed by atoms with Crippen LogP contribution in [0, 0.1) is 0 Å². The Kier molecular flexibility index (Phi) is 6.48. The summed E-state index contributed by atoms with van der Waals surface area (Å²) in [4.78, 5) is 12.7. The number of anilines is 2. The van der Waals surface area contributed by atoms with Gasteiger partial charge in [0.2, 0.25) is 0 Å². The third-order valence-corrected chi connectivity index (χ3v) is 4.91. The van der Waals surface area contributed by atoms with Gasteiger partial charge in [-0.15, -0.1) is 0 Å². The first-order chi connectivity index (χ1) is 15.7. The number of rotatable bonds is 8. The summed E-state index contributed by atoms with van der Waals surface area (Å²) in [7, 11) is 1.55. The summed E-state index contributed by atoms with van der Waals surface area (Å²) in [6, 6.07) is 26.9. The Morgan fingerprint density at radius 1 is 1.00 bits per heavy atom. The summed E-state index contributed by atoms with van der Waals surface area (Å²) in [5.41, 5.74) is 3.67. The van der Waals surface area contributed by atoms with Gasteiger partial charge in [0, 0.05) is 18.2 Å².